The molecule has 1 aromatic heterocycles. The molecule has 0 unspecified atom stereocenters. The van der Waals surface area contributed by atoms with Crippen LogP contribution in [0.2, 0.25) is 0 Å². The van der Waals surface area contributed by atoms with Crippen molar-refractivity contribution in [3.05, 3.63) is 163 Å². The number of aromatic nitrogens is 3. The first-order valence-electron chi connectivity index (χ1n) is 17.1. The van der Waals surface area contributed by atoms with Crippen LogP contribution in [-0.4, -0.2) is 15.0 Å². The Morgan fingerprint density at radius 1 is 0.333 bits per heavy atom. The van der Waals surface area contributed by atoms with E-state index in [2.05, 4.69) is 127 Å². The van der Waals surface area contributed by atoms with E-state index in [9.17, 15) is 0 Å². The molecule has 3 heteroatoms. The van der Waals surface area contributed by atoms with Crippen molar-refractivity contribution >= 4 is 0 Å². The first-order chi connectivity index (χ1) is 23.7. The number of hydrogen-bond acceptors (Lipinski definition) is 3. The van der Waals surface area contributed by atoms with Gasteiger partial charge in [0.05, 0.1) is 0 Å². The van der Waals surface area contributed by atoms with Crippen molar-refractivity contribution < 1.29 is 0 Å². The van der Waals surface area contributed by atoms with Gasteiger partial charge in [-0.2, -0.15) is 0 Å². The molecule has 7 aromatic rings. The molecule has 48 heavy (non-hydrogen) atoms. The van der Waals surface area contributed by atoms with E-state index < -0.39 is 0 Å². The summed E-state index contributed by atoms with van der Waals surface area (Å²) in [4.78, 5) is 15.0. The molecule has 1 heterocycles. The van der Waals surface area contributed by atoms with Gasteiger partial charge in [-0.3, -0.25) is 0 Å². The van der Waals surface area contributed by atoms with Crippen LogP contribution in [0, 0.1) is 0 Å². The number of benzene rings is 6. The molecule has 6 aromatic carbocycles. The van der Waals surface area contributed by atoms with Crippen LogP contribution in [0.3, 0.4) is 0 Å². The predicted molar refractivity (Wildman–Crippen MR) is 196 cm³/mol. The van der Waals surface area contributed by atoms with E-state index in [1.54, 1.807) is 0 Å². The molecule has 0 atom stereocenters. The summed E-state index contributed by atoms with van der Waals surface area (Å²) in [7, 11) is 0. The van der Waals surface area contributed by atoms with Gasteiger partial charge in [-0.25, -0.2) is 15.0 Å². The van der Waals surface area contributed by atoms with Gasteiger partial charge in [0.25, 0.3) is 0 Å². The highest BCUT2D eigenvalue weighted by molar-refractivity contribution is 5.84. The van der Waals surface area contributed by atoms with Gasteiger partial charge in [-0.05, 0) is 69.5 Å². The summed E-state index contributed by atoms with van der Waals surface area (Å²) in [5, 5.41) is 0. The fourth-order valence-electron chi connectivity index (χ4n) is 7.96. The molecule has 0 aliphatic heterocycles. The predicted octanol–water partition coefficient (Wildman–Crippen LogP) is 11.4. The molecule has 3 nitrogen and oxygen atoms in total. The Morgan fingerprint density at radius 2 is 0.812 bits per heavy atom. The van der Waals surface area contributed by atoms with Crippen molar-refractivity contribution in [2.45, 2.75) is 37.5 Å². The van der Waals surface area contributed by atoms with Gasteiger partial charge in [0.1, 0.15) is 0 Å². The molecule has 2 aliphatic rings. The molecule has 1 saturated carbocycles. The molecule has 0 amide bonds. The van der Waals surface area contributed by atoms with E-state index in [4.69, 9.17) is 15.0 Å². The van der Waals surface area contributed by atoms with Crippen molar-refractivity contribution in [2.24, 2.45) is 0 Å². The number of rotatable bonds is 5. The van der Waals surface area contributed by atoms with Crippen LogP contribution in [-0.2, 0) is 5.41 Å². The number of nitrogens with zero attached hydrogens (tertiary/aromatic N) is 3. The standard InChI is InChI=1S/C45H35N3/c1-4-13-31(14-5-1)35-17-12-18-37(29-35)44-47-42(33-15-6-2-7-16-33)46-43(48-44)34-23-21-32(22-24-34)36-25-26-39-38-19-8-9-20-40(38)45(41(39)30-36)27-10-3-11-28-45/h1-2,4-9,12-26,29-30H,3,10-11,27-28H2. The van der Waals surface area contributed by atoms with Gasteiger partial charge in [0.15, 0.2) is 17.5 Å². The zero-order valence-corrected chi connectivity index (χ0v) is 26.8. The monoisotopic (exact) mass is 617 g/mol. The summed E-state index contributed by atoms with van der Waals surface area (Å²) in [6, 6.07) is 54.0. The van der Waals surface area contributed by atoms with Crippen molar-refractivity contribution in [3.63, 3.8) is 0 Å². The molecule has 230 valence electrons. The summed E-state index contributed by atoms with van der Waals surface area (Å²) >= 11 is 0. The van der Waals surface area contributed by atoms with Gasteiger partial charge in [0, 0.05) is 22.1 Å². The van der Waals surface area contributed by atoms with Crippen LogP contribution in [0.1, 0.15) is 43.2 Å². The SMILES string of the molecule is c1ccc(-c2cccc(-c3nc(-c4ccccc4)nc(-c4ccc(-c5ccc6c(c5)C5(CCCCC5)c5ccccc5-6)cc4)n3)c2)cc1. The quantitative estimate of drug-likeness (QED) is 0.193. The Morgan fingerprint density at radius 3 is 1.54 bits per heavy atom. The fraction of sp³-hybridized carbons (Fsp3) is 0.133. The van der Waals surface area contributed by atoms with Crippen LogP contribution in [0.25, 0.3) is 67.5 Å². The largest absolute Gasteiger partial charge is 0.208 e. The lowest BCUT2D eigenvalue weighted by molar-refractivity contribution is 0.353. The maximum absolute atomic E-state index is 5.04. The second-order valence-electron chi connectivity index (χ2n) is 13.1. The molecule has 0 radical (unpaired) electrons. The highest BCUT2D eigenvalue weighted by atomic mass is 15.0. The van der Waals surface area contributed by atoms with Gasteiger partial charge < -0.3 is 0 Å². The van der Waals surface area contributed by atoms with E-state index in [0.29, 0.717) is 17.5 Å². The maximum Gasteiger partial charge on any atom is 0.164 e. The van der Waals surface area contributed by atoms with Crippen molar-refractivity contribution in [3.8, 4) is 67.5 Å². The third-order valence-corrected chi connectivity index (χ3v) is 10.3. The van der Waals surface area contributed by atoms with Crippen molar-refractivity contribution in [1.29, 1.82) is 0 Å². The number of hydrogen-bond donors (Lipinski definition) is 0. The summed E-state index contributed by atoms with van der Waals surface area (Å²) in [5.41, 5.74) is 13.7. The van der Waals surface area contributed by atoms with Crippen LogP contribution < -0.4 is 0 Å². The third kappa shape index (κ3) is 4.94. The van der Waals surface area contributed by atoms with Gasteiger partial charge in [-0.15, -0.1) is 0 Å². The molecule has 0 N–H and O–H groups in total. The smallest absolute Gasteiger partial charge is 0.164 e. The van der Waals surface area contributed by atoms with Gasteiger partial charge in [0.2, 0.25) is 0 Å². The van der Waals surface area contributed by atoms with Crippen LogP contribution in [0.4, 0.5) is 0 Å². The Labute approximate surface area is 282 Å². The molecule has 2 aliphatic carbocycles. The first kappa shape index (κ1) is 28.5. The van der Waals surface area contributed by atoms with Crippen LogP contribution in [0.5, 0.6) is 0 Å². The maximum atomic E-state index is 5.04. The van der Waals surface area contributed by atoms with E-state index in [-0.39, 0.29) is 5.41 Å². The lowest BCUT2D eigenvalue weighted by Crippen LogP contribution is -2.28. The second-order valence-corrected chi connectivity index (χ2v) is 13.1. The fourth-order valence-corrected chi connectivity index (χ4v) is 7.96. The highest BCUT2D eigenvalue weighted by Crippen LogP contribution is 2.56. The zero-order chi connectivity index (χ0) is 31.9. The Bertz CT molecular complexity index is 2250. The molecule has 1 fully saturated rings. The Kier molecular flexibility index (Phi) is 7.04. The van der Waals surface area contributed by atoms with E-state index in [1.807, 2.05) is 24.3 Å². The Balaban J connectivity index is 1.10. The first-order valence-corrected chi connectivity index (χ1v) is 17.1. The van der Waals surface area contributed by atoms with Gasteiger partial charge >= 0.3 is 0 Å². The second kappa shape index (κ2) is 11.8. The van der Waals surface area contributed by atoms with Crippen LogP contribution in [0.15, 0.2) is 152 Å². The molecule has 0 bridgehead atoms. The number of fused-ring (bicyclic) bond motifs is 5. The minimum atomic E-state index is 0.146. The lowest BCUT2D eigenvalue weighted by atomic mass is 9.67. The van der Waals surface area contributed by atoms with Crippen LogP contribution >= 0.6 is 0 Å². The molecule has 9 rings (SSSR count). The van der Waals surface area contributed by atoms with Crippen molar-refractivity contribution in [1.82, 2.24) is 15.0 Å². The van der Waals surface area contributed by atoms with Gasteiger partial charge in [-0.1, -0.05) is 159 Å². The Hall–Kier alpha value is -5.67. The van der Waals surface area contributed by atoms with E-state index in [1.165, 1.54) is 65.5 Å². The molecule has 0 saturated heterocycles. The lowest BCUT2D eigenvalue weighted by Gasteiger charge is -2.36. The minimum absolute atomic E-state index is 0.146. The normalized spacial score (nSPS) is 14.4. The third-order valence-electron chi connectivity index (χ3n) is 10.3. The average Bonchev–Trinajstić information content (AvgIpc) is 3.43. The topological polar surface area (TPSA) is 38.7 Å². The minimum Gasteiger partial charge on any atom is -0.208 e. The molecular weight excluding hydrogens is 583 g/mol. The highest BCUT2D eigenvalue weighted by Gasteiger charge is 2.43. The molecular formula is C45H35N3. The summed E-state index contributed by atoms with van der Waals surface area (Å²) < 4.78 is 0. The zero-order valence-electron chi connectivity index (χ0n) is 26.8. The van der Waals surface area contributed by atoms with Crippen molar-refractivity contribution in [2.75, 3.05) is 0 Å². The molecule has 1 spiro atoms. The summed E-state index contributed by atoms with van der Waals surface area (Å²) in [6.07, 6.45) is 6.40. The van der Waals surface area contributed by atoms with E-state index in [0.717, 1.165) is 27.8 Å². The average molecular weight is 618 g/mol. The summed E-state index contributed by atoms with van der Waals surface area (Å²) in [6.45, 7) is 0. The summed E-state index contributed by atoms with van der Waals surface area (Å²) in [5.74, 6) is 2.00. The van der Waals surface area contributed by atoms with E-state index >= 15 is 0 Å².